The molecule has 0 amide bonds. The van der Waals surface area contributed by atoms with Crippen LogP contribution < -0.4 is 5.48 Å². The summed E-state index contributed by atoms with van der Waals surface area (Å²) in [7, 11) is 0. The number of hydrogen-bond acceptors (Lipinski definition) is 4. The molecule has 2 aromatic rings. The van der Waals surface area contributed by atoms with Crippen molar-refractivity contribution in [1.29, 1.82) is 0 Å². The number of aromatic nitrogens is 1. The Kier molecular flexibility index (Phi) is 0.995. The third kappa shape index (κ3) is 0.670. The molecule has 1 aliphatic heterocycles. The maximum absolute atomic E-state index is 5.05. The monoisotopic (exact) mass is 162 g/mol. The van der Waals surface area contributed by atoms with Gasteiger partial charge in [-0.2, -0.15) is 0 Å². The molecule has 3 rings (SSSR count). The summed E-state index contributed by atoms with van der Waals surface area (Å²) in [6.45, 7) is 0.608. The summed E-state index contributed by atoms with van der Waals surface area (Å²) in [6.07, 6.45) is 1.63. The van der Waals surface area contributed by atoms with E-state index in [1.165, 1.54) is 0 Å². The summed E-state index contributed by atoms with van der Waals surface area (Å²) in [5.41, 5.74) is 5.78. The van der Waals surface area contributed by atoms with Crippen molar-refractivity contribution < 1.29 is 9.36 Å². The number of benzene rings is 1. The molecule has 60 valence electrons. The number of hydrogen-bond donors (Lipinski definition) is 1. The summed E-state index contributed by atoms with van der Waals surface area (Å²) >= 11 is 0. The highest BCUT2D eigenvalue weighted by Crippen LogP contribution is 2.27. The van der Waals surface area contributed by atoms with Crippen molar-refractivity contribution in [3.63, 3.8) is 0 Å². The third-order valence-electron chi connectivity index (χ3n) is 1.99. The van der Waals surface area contributed by atoms with Gasteiger partial charge < -0.3 is 4.52 Å². The van der Waals surface area contributed by atoms with Crippen LogP contribution in [0.3, 0.4) is 0 Å². The van der Waals surface area contributed by atoms with Crippen molar-refractivity contribution >= 4 is 16.6 Å². The SMILES string of the molecule is c1onc2cc3c(cc12)CON3. The first-order valence-electron chi connectivity index (χ1n) is 3.68. The normalized spacial score (nSPS) is 14.7. The number of fused-ring (bicyclic) bond motifs is 2. The summed E-state index contributed by atoms with van der Waals surface area (Å²) in [4.78, 5) is 5.05. The van der Waals surface area contributed by atoms with Crippen LogP contribution in [-0.4, -0.2) is 5.16 Å². The van der Waals surface area contributed by atoms with Crippen molar-refractivity contribution in [3.8, 4) is 0 Å². The average Bonchev–Trinajstić information content (AvgIpc) is 2.64. The summed E-state index contributed by atoms with van der Waals surface area (Å²) < 4.78 is 4.82. The van der Waals surface area contributed by atoms with Gasteiger partial charge in [0.1, 0.15) is 18.4 Å². The van der Waals surface area contributed by atoms with Gasteiger partial charge in [-0.05, 0) is 12.1 Å². The zero-order valence-corrected chi connectivity index (χ0v) is 6.20. The predicted molar refractivity (Wildman–Crippen MR) is 42.4 cm³/mol. The molecule has 1 aliphatic rings. The molecule has 4 nitrogen and oxygen atoms in total. The molecule has 0 saturated heterocycles. The first-order chi connectivity index (χ1) is 5.93. The Morgan fingerprint density at radius 2 is 2.42 bits per heavy atom. The lowest BCUT2D eigenvalue weighted by molar-refractivity contribution is 0.202. The molecular formula is C8H6N2O2. The molecule has 0 fully saturated rings. The van der Waals surface area contributed by atoms with Crippen LogP contribution in [0.2, 0.25) is 0 Å². The molecule has 1 aromatic heterocycles. The topological polar surface area (TPSA) is 47.3 Å². The van der Waals surface area contributed by atoms with E-state index in [4.69, 9.17) is 9.36 Å². The second-order valence-electron chi connectivity index (χ2n) is 2.77. The molecule has 0 radical (unpaired) electrons. The highest BCUT2D eigenvalue weighted by atomic mass is 16.6. The van der Waals surface area contributed by atoms with E-state index in [1.54, 1.807) is 6.26 Å². The fourth-order valence-corrected chi connectivity index (χ4v) is 1.37. The van der Waals surface area contributed by atoms with Gasteiger partial charge in [0.05, 0.1) is 5.69 Å². The van der Waals surface area contributed by atoms with Gasteiger partial charge in [0, 0.05) is 10.9 Å². The van der Waals surface area contributed by atoms with Gasteiger partial charge in [0.15, 0.2) is 0 Å². The van der Waals surface area contributed by atoms with Crippen molar-refractivity contribution in [3.05, 3.63) is 24.0 Å². The molecule has 1 aromatic carbocycles. The van der Waals surface area contributed by atoms with Crippen LogP contribution >= 0.6 is 0 Å². The zero-order chi connectivity index (χ0) is 7.97. The van der Waals surface area contributed by atoms with E-state index in [2.05, 4.69) is 10.6 Å². The Bertz CT molecular complexity index is 398. The molecule has 0 saturated carbocycles. The Balaban J connectivity index is 2.38. The van der Waals surface area contributed by atoms with Gasteiger partial charge >= 0.3 is 0 Å². The first kappa shape index (κ1) is 6.02. The van der Waals surface area contributed by atoms with E-state index >= 15 is 0 Å². The molecule has 12 heavy (non-hydrogen) atoms. The lowest BCUT2D eigenvalue weighted by atomic mass is 10.1. The number of rotatable bonds is 0. The summed E-state index contributed by atoms with van der Waals surface area (Å²) in [5, 5.41) is 4.84. The average molecular weight is 162 g/mol. The quantitative estimate of drug-likeness (QED) is 0.640. The number of nitrogens with zero attached hydrogens (tertiary/aromatic N) is 1. The Hall–Kier alpha value is -1.55. The Morgan fingerprint density at radius 1 is 1.42 bits per heavy atom. The van der Waals surface area contributed by atoms with Crippen LogP contribution in [0.15, 0.2) is 22.9 Å². The van der Waals surface area contributed by atoms with Crippen LogP contribution in [0.4, 0.5) is 5.69 Å². The maximum atomic E-state index is 5.05. The molecule has 0 spiro atoms. The van der Waals surface area contributed by atoms with E-state index < -0.39 is 0 Å². The predicted octanol–water partition coefficient (Wildman–Crippen LogP) is 1.68. The van der Waals surface area contributed by atoms with E-state index in [0.29, 0.717) is 6.61 Å². The zero-order valence-electron chi connectivity index (χ0n) is 6.20. The van der Waals surface area contributed by atoms with E-state index in [-0.39, 0.29) is 0 Å². The molecule has 0 unspecified atom stereocenters. The minimum Gasteiger partial charge on any atom is -0.364 e. The Morgan fingerprint density at radius 3 is 3.42 bits per heavy atom. The molecule has 1 N–H and O–H groups in total. The van der Waals surface area contributed by atoms with E-state index in [1.807, 2.05) is 12.1 Å². The van der Waals surface area contributed by atoms with Crippen LogP contribution in [-0.2, 0) is 11.4 Å². The van der Waals surface area contributed by atoms with Crippen LogP contribution in [0, 0.1) is 0 Å². The van der Waals surface area contributed by atoms with Gasteiger partial charge in [-0.1, -0.05) is 5.16 Å². The number of anilines is 1. The summed E-state index contributed by atoms with van der Waals surface area (Å²) in [6, 6.07) is 3.93. The third-order valence-corrected chi connectivity index (χ3v) is 1.99. The lowest BCUT2D eigenvalue weighted by Crippen LogP contribution is -1.86. The van der Waals surface area contributed by atoms with E-state index in [9.17, 15) is 0 Å². The molecule has 0 bridgehead atoms. The van der Waals surface area contributed by atoms with Crippen LogP contribution in [0.5, 0.6) is 0 Å². The molecule has 4 heteroatoms. The molecule has 2 heterocycles. The largest absolute Gasteiger partial charge is 0.364 e. The first-order valence-corrected chi connectivity index (χ1v) is 3.68. The van der Waals surface area contributed by atoms with Gasteiger partial charge in [-0.3, -0.25) is 10.3 Å². The fraction of sp³-hybridized carbons (Fsp3) is 0.125. The van der Waals surface area contributed by atoms with Crippen LogP contribution in [0.25, 0.3) is 10.9 Å². The highest BCUT2D eigenvalue weighted by molar-refractivity contribution is 5.83. The maximum Gasteiger partial charge on any atom is 0.131 e. The van der Waals surface area contributed by atoms with Gasteiger partial charge in [-0.15, -0.1) is 0 Å². The summed E-state index contributed by atoms with van der Waals surface area (Å²) in [5.74, 6) is 0. The van der Waals surface area contributed by atoms with Gasteiger partial charge in [0.2, 0.25) is 0 Å². The standard InChI is InChI=1S/C8H6N2O2/c1-5-3-11-9-7(5)2-8-6(1)4-12-10-8/h1-3,10H,4H2. The second-order valence-corrected chi connectivity index (χ2v) is 2.77. The fourth-order valence-electron chi connectivity index (χ4n) is 1.37. The molecular weight excluding hydrogens is 156 g/mol. The van der Waals surface area contributed by atoms with Crippen LogP contribution in [0.1, 0.15) is 5.56 Å². The van der Waals surface area contributed by atoms with Gasteiger partial charge in [0.25, 0.3) is 0 Å². The Labute approximate surface area is 68.1 Å². The number of nitrogens with one attached hydrogen (secondary N) is 1. The van der Waals surface area contributed by atoms with E-state index in [0.717, 1.165) is 22.2 Å². The minimum atomic E-state index is 0.608. The molecule has 0 aliphatic carbocycles. The van der Waals surface area contributed by atoms with Crippen molar-refractivity contribution in [2.75, 3.05) is 5.48 Å². The van der Waals surface area contributed by atoms with Crippen molar-refractivity contribution in [1.82, 2.24) is 5.16 Å². The van der Waals surface area contributed by atoms with Gasteiger partial charge in [-0.25, -0.2) is 0 Å². The lowest BCUT2D eigenvalue weighted by Gasteiger charge is -1.94. The second kappa shape index (κ2) is 1.98. The minimum absolute atomic E-state index is 0.608. The highest BCUT2D eigenvalue weighted by Gasteiger charge is 2.12. The smallest absolute Gasteiger partial charge is 0.131 e. The van der Waals surface area contributed by atoms with Crippen molar-refractivity contribution in [2.24, 2.45) is 0 Å². The molecule has 0 atom stereocenters. The van der Waals surface area contributed by atoms with Crippen molar-refractivity contribution in [2.45, 2.75) is 6.61 Å².